The van der Waals surface area contributed by atoms with Crippen molar-refractivity contribution in [2.75, 3.05) is 11.9 Å². The zero-order chi connectivity index (χ0) is 13.9. The average Bonchev–Trinajstić information content (AvgIpc) is 2.42. The molecule has 1 aliphatic heterocycles. The minimum atomic E-state index is -0.559. The first-order chi connectivity index (χ1) is 9.01. The van der Waals surface area contributed by atoms with E-state index in [0.717, 1.165) is 12.1 Å². The van der Waals surface area contributed by atoms with E-state index in [0.29, 0.717) is 24.5 Å². The smallest absolute Gasteiger partial charge is 0.130 e. The van der Waals surface area contributed by atoms with E-state index >= 15 is 0 Å². The van der Waals surface area contributed by atoms with Crippen LogP contribution >= 0.6 is 11.6 Å². The molecule has 1 aromatic carbocycles. The molecule has 4 heteroatoms. The second-order valence-electron chi connectivity index (χ2n) is 5.40. The molecule has 0 radical (unpaired) electrons. The standard InChI is InChI=1S/C15H19ClN2O/c1-3-14(2)10-15(11-17,8-9-19-14)18-13-6-4-12(16)5-7-13/h4-7,18H,3,8-10H2,1-2H3. The number of rotatable bonds is 3. The molecule has 19 heavy (non-hydrogen) atoms. The summed E-state index contributed by atoms with van der Waals surface area (Å²) in [7, 11) is 0. The quantitative estimate of drug-likeness (QED) is 0.909. The maximum atomic E-state index is 9.59. The van der Waals surface area contributed by atoms with Gasteiger partial charge in [-0.25, -0.2) is 0 Å². The van der Waals surface area contributed by atoms with Crippen LogP contribution in [0.1, 0.15) is 33.1 Å². The molecule has 1 saturated heterocycles. The molecule has 1 heterocycles. The van der Waals surface area contributed by atoms with Crippen LogP contribution in [0.3, 0.4) is 0 Å². The van der Waals surface area contributed by atoms with Crippen molar-refractivity contribution >= 4 is 17.3 Å². The van der Waals surface area contributed by atoms with Crippen LogP contribution in [0.15, 0.2) is 24.3 Å². The summed E-state index contributed by atoms with van der Waals surface area (Å²) < 4.78 is 5.82. The van der Waals surface area contributed by atoms with Crippen LogP contribution in [0.2, 0.25) is 5.02 Å². The molecule has 2 unspecified atom stereocenters. The fraction of sp³-hybridized carbons (Fsp3) is 0.533. The topological polar surface area (TPSA) is 45.0 Å². The van der Waals surface area contributed by atoms with Crippen LogP contribution in [0, 0.1) is 11.3 Å². The number of ether oxygens (including phenoxy) is 1. The lowest BCUT2D eigenvalue weighted by Gasteiger charge is -2.43. The van der Waals surface area contributed by atoms with Gasteiger partial charge in [-0.3, -0.25) is 0 Å². The van der Waals surface area contributed by atoms with Crippen molar-refractivity contribution in [1.82, 2.24) is 0 Å². The highest BCUT2D eigenvalue weighted by Gasteiger charge is 2.42. The SMILES string of the molecule is CCC1(C)CC(C#N)(Nc2ccc(Cl)cc2)CCO1. The Labute approximate surface area is 119 Å². The maximum absolute atomic E-state index is 9.59. The van der Waals surface area contributed by atoms with Gasteiger partial charge in [0.1, 0.15) is 5.54 Å². The van der Waals surface area contributed by atoms with E-state index in [9.17, 15) is 5.26 Å². The van der Waals surface area contributed by atoms with Crippen molar-refractivity contribution < 1.29 is 4.74 Å². The van der Waals surface area contributed by atoms with Gasteiger partial charge in [0.15, 0.2) is 0 Å². The Morgan fingerprint density at radius 3 is 2.68 bits per heavy atom. The van der Waals surface area contributed by atoms with Crippen molar-refractivity contribution in [3.05, 3.63) is 29.3 Å². The fourth-order valence-corrected chi connectivity index (χ4v) is 2.64. The summed E-state index contributed by atoms with van der Waals surface area (Å²) in [5.74, 6) is 0. The van der Waals surface area contributed by atoms with E-state index in [1.54, 1.807) is 0 Å². The molecular formula is C15H19ClN2O. The van der Waals surface area contributed by atoms with E-state index in [1.165, 1.54) is 0 Å². The first-order valence-corrected chi connectivity index (χ1v) is 6.98. The molecular weight excluding hydrogens is 260 g/mol. The minimum absolute atomic E-state index is 0.229. The van der Waals surface area contributed by atoms with Crippen LogP contribution in [0.4, 0.5) is 5.69 Å². The molecule has 0 amide bonds. The number of nitrogens with one attached hydrogen (secondary N) is 1. The molecule has 2 atom stereocenters. The zero-order valence-corrected chi connectivity index (χ0v) is 12.1. The van der Waals surface area contributed by atoms with Gasteiger partial charge in [0.25, 0.3) is 0 Å². The third kappa shape index (κ3) is 3.20. The number of hydrogen-bond acceptors (Lipinski definition) is 3. The minimum Gasteiger partial charge on any atom is -0.375 e. The molecule has 0 aromatic heterocycles. The van der Waals surface area contributed by atoms with Crippen molar-refractivity contribution in [3.63, 3.8) is 0 Å². The van der Waals surface area contributed by atoms with Crippen molar-refractivity contribution in [2.45, 2.75) is 44.2 Å². The molecule has 1 fully saturated rings. The monoisotopic (exact) mass is 278 g/mol. The Bertz CT molecular complexity index is 482. The highest BCUT2D eigenvalue weighted by Crippen LogP contribution is 2.36. The van der Waals surface area contributed by atoms with Gasteiger partial charge in [-0.2, -0.15) is 5.26 Å². The highest BCUT2D eigenvalue weighted by atomic mass is 35.5. The molecule has 2 rings (SSSR count). The Hall–Kier alpha value is -1.24. The molecule has 1 aromatic rings. The Morgan fingerprint density at radius 2 is 2.11 bits per heavy atom. The summed E-state index contributed by atoms with van der Waals surface area (Å²) in [6.07, 6.45) is 2.29. The van der Waals surface area contributed by atoms with Gasteiger partial charge in [-0.15, -0.1) is 0 Å². The number of nitrogens with zero attached hydrogens (tertiary/aromatic N) is 1. The summed E-state index contributed by atoms with van der Waals surface area (Å²) in [5.41, 5.74) is 0.135. The number of halogens is 1. The molecule has 0 bridgehead atoms. The molecule has 102 valence electrons. The number of nitriles is 1. The van der Waals surface area contributed by atoms with Gasteiger partial charge >= 0.3 is 0 Å². The summed E-state index contributed by atoms with van der Waals surface area (Å²) in [6, 6.07) is 9.91. The van der Waals surface area contributed by atoms with E-state index in [-0.39, 0.29) is 5.60 Å². The Morgan fingerprint density at radius 1 is 1.42 bits per heavy atom. The maximum Gasteiger partial charge on any atom is 0.130 e. The van der Waals surface area contributed by atoms with E-state index in [2.05, 4.69) is 25.2 Å². The van der Waals surface area contributed by atoms with Gasteiger partial charge in [-0.1, -0.05) is 18.5 Å². The largest absolute Gasteiger partial charge is 0.375 e. The Kier molecular flexibility index (Phi) is 4.03. The number of anilines is 1. The van der Waals surface area contributed by atoms with Gasteiger partial charge in [0.05, 0.1) is 18.3 Å². The van der Waals surface area contributed by atoms with Crippen molar-refractivity contribution in [3.8, 4) is 6.07 Å². The molecule has 0 spiro atoms. The first kappa shape index (κ1) is 14.2. The Balaban J connectivity index is 2.19. The number of hydrogen-bond donors (Lipinski definition) is 1. The van der Waals surface area contributed by atoms with Crippen LogP contribution in [-0.2, 0) is 4.74 Å². The van der Waals surface area contributed by atoms with Crippen molar-refractivity contribution in [2.24, 2.45) is 0 Å². The zero-order valence-electron chi connectivity index (χ0n) is 11.4. The van der Waals surface area contributed by atoms with Crippen LogP contribution in [0.25, 0.3) is 0 Å². The summed E-state index contributed by atoms with van der Waals surface area (Å²) in [5, 5.41) is 13.6. The number of benzene rings is 1. The second kappa shape index (κ2) is 5.40. The predicted octanol–water partition coefficient (Wildman–Crippen LogP) is 3.99. The average molecular weight is 279 g/mol. The summed E-state index contributed by atoms with van der Waals surface area (Å²) in [6.45, 7) is 4.77. The lowest BCUT2D eigenvalue weighted by Crippen LogP contribution is -2.50. The van der Waals surface area contributed by atoms with Crippen LogP contribution in [-0.4, -0.2) is 17.7 Å². The van der Waals surface area contributed by atoms with Crippen LogP contribution in [0.5, 0.6) is 0 Å². The van der Waals surface area contributed by atoms with E-state index < -0.39 is 5.54 Å². The van der Waals surface area contributed by atoms with Crippen molar-refractivity contribution in [1.29, 1.82) is 5.26 Å². The van der Waals surface area contributed by atoms with E-state index in [4.69, 9.17) is 16.3 Å². The third-order valence-electron chi connectivity index (χ3n) is 3.84. The second-order valence-corrected chi connectivity index (χ2v) is 5.84. The summed E-state index contributed by atoms with van der Waals surface area (Å²) >= 11 is 5.88. The highest BCUT2D eigenvalue weighted by molar-refractivity contribution is 6.30. The van der Waals surface area contributed by atoms with Gasteiger partial charge < -0.3 is 10.1 Å². The predicted molar refractivity (Wildman–Crippen MR) is 77.3 cm³/mol. The van der Waals surface area contributed by atoms with Gasteiger partial charge in [0.2, 0.25) is 0 Å². The molecule has 3 nitrogen and oxygen atoms in total. The normalized spacial score (nSPS) is 30.6. The van der Waals surface area contributed by atoms with Gasteiger partial charge in [0, 0.05) is 23.6 Å². The molecule has 1 aliphatic rings. The van der Waals surface area contributed by atoms with Gasteiger partial charge in [-0.05, 0) is 37.6 Å². The fourth-order valence-electron chi connectivity index (χ4n) is 2.52. The lowest BCUT2D eigenvalue weighted by molar-refractivity contribution is -0.0809. The lowest BCUT2D eigenvalue weighted by atomic mass is 9.80. The third-order valence-corrected chi connectivity index (χ3v) is 4.10. The molecule has 1 N–H and O–H groups in total. The van der Waals surface area contributed by atoms with Crippen LogP contribution < -0.4 is 5.32 Å². The first-order valence-electron chi connectivity index (χ1n) is 6.60. The molecule has 0 saturated carbocycles. The summed E-state index contributed by atoms with van der Waals surface area (Å²) in [4.78, 5) is 0. The molecule has 0 aliphatic carbocycles. The van der Waals surface area contributed by atoms with E-state index in [1.807, 2.05) is 24.3 Å².